The van der Waals surface area contributed by atoms with Gasteiger partial charge < -0.3 is 10.3 Å². The minimum atomic E-state index is 0.783. The summed E-state index contributed by atoms with van der Waals surface area (Å²) in [5, 5.41) is 3.32. The van der Waals surface area contributed by atoms with E-state index in [2.05, 4.69) is 22.2 Å². The fourth-order valence-electron chi connectivity index (χ4n) is 1.59. The number of nitrogens with zero attached hydrogens (tertiary/aromatic N) is 1. The summed E-state index contributed by atoms with van der Waals surface area (Å²) in [5.74, 6) is 2.65. The molecular weight excluding hydrogens is 162 g/mol. The maximum Gasteiger partial charge on any atom is 0.200 e. The molecule has 1 aliphatic carbocycles. The van der Waals surface area contributed by atoms with E-state index in [4.69, 9.17) is 0 Å². The Kier molecular flexibility index (Phi) is 2.25. The SMILES string of the molecule is Cc1cnc(NCC(C)C2CC2)[nH]1. The van der Waals surface area contributed by atoms with Crippen LogP contribution < -0.4 is 5.32 Å². The van der Waals surface area contributed by atoms with Gasteiger partial charge in [-0.05, 0) is 31.6 Å². The predicted octanol–water partition coefficient (Wildman–Crippen LogP) is 2.18. The molecule has 2 N–H and O–H groups in total. The van der Waals surface area contributed by atoms with E-state index in [1.165, 1.54) is 12.8 Å². The minimum absolute atomic E-state index is 0.783. The van der Waals surface area contributed by atoms with Crippen molar-refractivity contribution in [1.29, 1.82) is 0 Å². The molecule has 0 spiro atoms. The number of aryl methyl sites for hydroxylation is 1. The summed E-state index contributed by atoms with van der Waals surface area (Å²) < 4.78 is 0. The Hall–Kier alpha value is -0.990. The first-order valence-electron chi connectivity index (χ1n) is 5.01. The largest absolute Gasteiger partial charge is 0.356 e. The number of hydrogen-bond donors (Lipinski definition) is 2. The molecule has 1 fully saturated rings. The van der Waals surface area contributed by atoms with Crippen molar-refractivity contribution < 1.29 is 0 Å². The van der Waals surface area contributed by atoms with Crippen LogP contribution in [0.1, 0.15) is 25.5 Å². The van der Waals surface area contributed by atoms with Crippen LogP contribution in [0.3, 0.4) is 0 Å². The molecule has 0 aliphatic heterocycles. The van der Waals surface area contributed by atoms with Crippen molar-refractivity contribution in [2.45, 2.75) is 26.7 Å². The average molecular weight is 179 g/mol. The molecule has 0 saturated heterocycles. The quantitative estimate of drug-likeness (QED) is 0.743. The normalized spacial score (nSPS) is 18.6. The van der Waals surface area contributed by atoms with Crippen molar-refractivity contribution in [3.05, 3.63) is 11.9 Å². The number of rotatable bonds is 4. The molecule has 3 nitrogen and oxygen atoms in total. The van der Waals surface area contributed by atoms with E-state index in [0.717, 1.165) is 30.0 Å². The molecule has 0 radical (unpaired) electrons. The molecule has 72 valence electrons. The van der Waals surface area contributed by atoms with E-state index >= 15 is 0 Å². The number of imidazole rings is 1. The highest BCUT2D eigenvalue weighted by atomic mass is 15.1. The molecular formula is C10H17N3. The third kappa shape index (κ3) is 2.23. The number of nitrogens with one attached hydrogen (secondary N) is 2. The van der Waals surface area contributed by atoms with E-state index in [-0.39, 0.29) is 0 Å². The Labute approximate surface area is 79.0 Å². The Bertz CT molecular complexity index is 275. The zero-order valence-electron chi connectivity index (χ0n) is 8.30. The minimum Gasteiger partial charge on any atom is -0.356 e. The van der Waals surface area contributed by atoms with Crippen molar-refractivity contribution in [3.63, 3.8) is 0 Å². The fraction of sp³-hybridized carbons (Fsp3) is 0.700. The molecule has 1 heterocycles. The van der Waals surface area contributed by atoms with E-state index in [1.807, 2.05) is 13.1 Å². The molecule has 1 saturated carbocycles. The molecule has 13 heavy (non-hydrogen) atoms. The molecule has 0 amide bonds. The van der Waals surface area contributed by atoms with Gasteiger partial charge in [-0.25, -0.2) is 4.98 Å². The maximum absolute atomic E-state index is 4.20. The van der Waals surface area contributed by atoms with Gasteiger partial charge in [0.2, 0.25) is 0 Å². The molecule has 1 aromatic rings. The lowest BCUT2D eigenvalue weighted by Gasteiger charge is -2.09. The summed E-state index contributed by atoms with van der Waals surface area (Å²) in [7, 11) is 0. The van der Waals surface area contributed by atoms with Gasteiger partial charge in [0.15, 0.2) is 5.95 Å². The van der Waals surface area contributed by atoms with Crippen molar-refractivity contribution in [2.24, 2.45) is 11.8 Å². The lowest BCUT2D eigenvalue weighted by atomic mass is 10.1. The zero-order chi connectivity index (χ0) is 9.26. The fourth-order valence-corrected chi connectivity index (χ4v) is 1.59. The summed E-state index contributed by atoms with van der Waals surface area (Å²) in [6.45, 7) is 5.36. The van der Waals surface area contributed by atoms with Crippen LogP contribution in [-0.4, -0.2) is 16.5 Å². The lowest BCUT2D eigenvalue weighted by Crippen LogP contribution is -2.13. The number of hydrogen-bond acceptors (Lipinski definition) is 2. The third-order valence-corrected chi connectivity index (χ3v) is 2.72. The summed E-state index contributed by atoms with van der Waals surface area (Å²) in [6, 6.07) is 0. The molecule has 1 atom stereocenters. The highest BCUT2D eigenvalue weighted by molar-refractivity contribution is 5.25. The Morgan fingerprint density at radius 2 is 2.46 bits per heavy atom. The molecule has 0 bridgehead atoms. The number of aromatic amines is 1. The van der Waals surface area contributed by atoms with Crippen molar-refractivity contribution in [3.8, 4) is 0 Å². The van der Waals surface area contributed by atoms with Gasteiger partial charge in [0.25, 0.3) is 0 Å². The summed E-state index contributed by atoms with van der Waals surface area (Å²) in [6.07, 6.45) is 4.68. The molecule has 0 aromatic carbocycles. The van der Waals surface area contributed by atoms with Gasteiger partial charge in [-0.1, -0.05) is 6.92 Å². The second kappa shape index (κ2) is 3.40. The monoisotopic (exact) mass is 179 g/mol. The Morgan fingerprint density at radius 1 is 1.69 bits per heavy atom. The van der Waals surface area contributed by atoms with Crippen LogP contribution in [0.5, 0.6) is 0 Å². The summed E-state index contributed by atoms with van der Waals surface area (Å²) >= 11 is 0. The second-order valence-electron chi connectivity index (χ2n) is 4.11. The topological polar surface area (TPSA) is 40.7 Å². The molecule has 2 rings (SSSR count). The van der Waals surface area contributed by atoms with Gasteiger partial charge in [0, 0.05) is 18.4 Å². The number of H-pyrrole nitrogens is 1. The van der Waals surface area contributed by atoms with E-state index < -0.39 is 0 Å². The standard InChI is InChI=1S/C10H17N3/c1-7(9-3-4-9)5-11-10-12-6-8(2)13-10/h6-7,9H,3-5H2,1-2H3,(H2,11,12,13). The number of anilines is 1. The van der Waals surface area contributed by atoms with Gasteiger partial charge >= 0.3 is 0 Å². The van der Waals surface area contributed by atoms with Crippen LogP contribution in [0, 0.1) is 18.8 Å². The first kappa shape index (κ1) is 8.60. The molecule has 1 unspecified atom stereocenters. The predicted molar refractivity (Wildman–Crippen MR) is 53.7 cm³/mol. The molecule has 1 aromatic heterocycles. The molecule has 3 heteroatoms. The Balaban J connectivity index is 1.78. The summed E-state index contributed by atoms with van der Waals surface area (Å²) in [4.78, 5) is 7.37. The van der Waals surface area contributed by atoms with Crippen molar-refractivity contribution >= 4 is 5.95 Å². The van der Waals surface area contributed by atoms with Gasteiger partial charge in [-0.2, -0.15) is 0 Å². The summed E-state index contributed by atoms with van der Waals surface area (Å²) in [5.41, 5.74) is 1.11. The lowest BCUT2D eigenvalue weighted by molar-refractivity contribution is 0.535. The van der Waals surface area contributed by atoms with E-state index in [0.29, 0.717) is 0 Å². The molecule has 1 aliphatic rings. The van der Waals surface area contributed by atoms with Crippen LogP contribution in [0.25, 0.3) is 0 Å². The van der Waals surface area contributed by atoms with Crippen LogP contribution in [0.2, 0.25) is 0 Å². The van der Waals surface area contributed by atoms with E-state index in [1.54, 1.807) is 0 Å². The number of aromatic nitrogens is 2. The van der Waals surface area contributed by atoms with Crippen LogP contribution in [0.4, 0.5) is 5.95 Å². The first-order chi connectivity index (χ1) is 6.25. The first-order valence-corrected chi connectivity index (χ1v) is 5.01. The maximum atomic E-state index is 4.20. The highest BCUT2D eigenvalue weighted by Gasteiger charge is 2.27. The van der Waals surface area contributed by atoms with Crippen molar-refractivity contribution in [1.82, 2.24) is 9.97 Å². The highest BCUT2D eigenvalue weighted by Crippen LogP contribution is 2.36. The van der Waals surface area contributed by atoms with Gasteiger partial charge in [-0.15, -0.1) is 0 Å². The second-order valence-corrected chi connectivity index (χ2v) is 4.11. The van der Waals surface area contributed by atoms with Crippen LogP contribution >= 0.6 is 0 Å². The zero-order valence-corrected chi connectivity index (χ0v) is 8.30. The van der Waals surface area contributed by atoms with Gasteiger partial charge in [-0.3, -0.25) is 0 Å². The van der Waals surface area contributed by atoms with Crippen molar-refractivity contribution in [2.75, 3.05) is 11.9 Å². The van der Waals surface area contributed by atoms with Gasteiger partial charge in [0.05, 0.1) is 0 Å². The third-order valence-electron chi connectivity index (χ3n) is 2.72. The average Bonchev–Trinajstić information content (AvgIpc) is 2.87. The van der Waals surface area contributed by atoms with Crippen LogP contribution in [0.15, 0.2) is 6.20 Å². The Morgan fingerprint density at radius 3 is 3.00 bits per heavy atom. The smallest absolute Gasteiger partial charge is 0.200 e. The van der Waals surface area contributed by atoms with E-state index in [9.17, 15) is 0 Å². The van der Waals surface area contributed by atoms with Gasteiger partial charge in [0.1, 0.15) is 0 Å². The van der Waals surface area contributed by atoms with Crippen LogP contribution in [-0.2, 0) is 0 Å².